The molecule has 2 aromatic carbocycles. The van der Waals surface area contributed by atoms with Crippen LogP contribution >= 0.6 is 0 Å². The first kappa shape index (κ1) is 19.8. The van der Waals surface area contributed by atoms with Crippen LogP contribution in [-0.4, -0.2) is 12.2 Å². The van der Waals surface area contributed by atoms with Gasteiger partial charge in [0.1, 0.15) is 22.9 Å². The van der Waals surface area contributed by atoms with Gasteiger partial charge in [-0.2, -0.15) is 0 Å². The second-order valence-electron chi connectivity index (χ2n) is 8.52. The zero-order valence-electron chi connectivity index (χ0n) is 16.7. The third-order valence-corrected chi connectivity index (χ3v) is 4.26. The van der Waals surface area contributed by atoms with Crippen molar-refractivity contribution in [2.75, 3.05) is 12.8 Å². The van der Waals surface area contributed by atoms with E-state index in [1.54, 1.807) is 25.3 Å². The fourth-order valence-corrected chi connectivity index (χ4v) is 2.56. The summed E-state index contributed by atoms with van der Waals surface area (Å²) in [5.41, 5.74) is 9.10. The number of methoxy groups -OCH3 is 1. The van der Waals surface area contributed by atoms with Crippen LogP contribution < -0.4 is 10.5 Å². The molecule has 26 heavy (non-hydrogen) atoms. The highest BCUT2D eigenvalue weighted by molar-refractivity contribution is 5.65. The molecule has 0 atom stereocenters. The van der Waals surface area contributed by atoms with E-state index in [0.29, 0.717) is 22.8 Å². The Balaban J connectivity index is 2.55. The molecule has 0 radical (unpaired) electrons. The lowest BCUT2D eigenvalue weighted by Crippen LogP contribution is -2.16. The van der Waals surface area contributed by atoms with Crippen LogP contribution in [0.5, 0.6) is 11.5 Å². The molecule has 0 spiro atoms. The minimum atomic E-state index is -0.214. The van der Waals surface area contributed by atoms with Crippen LogP contribution in [0.25, 0.3) is 0 Å². The van der Waals surface area contributed by atoms with E-state index in [9.17, 15) is 5.11 Å². The number of rotatable bonds is 3. The van der Waals surface area contributed by atoms with Crippen molar-refractivity contribution < 1.29 is 9.84 Å². The molecule has 0 amide bonds. The molecule has 5 heteroatoms. The number of anilines is 1. The Morgan fingerprint density at radius 2 is 1.50 bits per heavy atom. The summed E-state index contributed by atoms with van der Waals surface area (Å²) < 4.78 is 5.15. The largest absolute Gasteiger partial charge is 0.505 e. The number of phenolic OH excluding ortho intramolecular Hbond substituents is 1. The smallest absolute Gasteiger partial charge is 0.146 e. The Hall–Kier alpha value is -2.56. The molecule has 3 N–H and O–H groups in total. The summed E-state index contributed by atoms with van der Waals surface area (Å²) in [5.74, 6) is 0.815. The predicted molar refractivity (Wildman–Crippen MR) is 107 cm³/mol. The average Bonchev–Trinajstić information content (AvgIpc) is 2.52. The summed E-state index contributed by atoms with van der Waals surface area (Å²) in [6, 6.07) is 9.15. The summed E-state index contributed by atoms with van der Waals surface area (Å²) in [7, 11) is 1.58. The zero-order chi connectivity index (χ0) is 19.7. The number of ether oxygens (including phenoxy) is 1. The lowest BCUT2D eigenvalue weighted by Gasteiger charge is -2.26. The molecule has 0 heterocycles. The van der Waals surface area contributed by atoms with Crippen LogP contribution in [0.1, 0.15) is 52.7 Å². The Bertz CT molecular complexity index is 828. The molecular weight excluding hydrogens is 326 g/mol. The van der Waals surface area contributed by atoms with Gasteiger partial charge in [0.05, 0.1) is 12.8 Å². The van der Waals surface area contributed by atoms with Crippen molar-refractivity contribution in [3.63, 3.8) is 0 Å². The summed E-state index contributed by atoms with van der Waals surface area (Å²) in [6.07, 6.45) is 0. The third-order valence-electron chi connectivity index (χ3n) is 4.26. The number of nitrogens with zero attached hydrogens (tertiary/aromatic N) is 2. The molecule has 0 fully saturated rings. The number of nitrogens with two attached hydrogens (primary N) is 1. The van der Waals surface area contributed by atoms with Crippen LogP contribution in [0.2, 0.25) is 0 Å². The van der Waals surface area contributed by atoms with Crippen LogP contribution in [0.3, 0.4) is 0 Å². The molecule has 2 aromatic rings. The van der Waals surface area contributed by atoms with Crippen molar-refractivity contribution in [1.29, 1.82) is 0 Å². The second-order valence-corrected chi connectivity index (χ2v) is 8.52. The minimum absolute atomic E-state index is 0.0723. The highest BCUT2D eigenvalue weighted by Crippen LogP contribution is 2.42. The summed E-state index contributed by atoms with van der Waals surface area (Å²) >= 11 is 0. The van der Waals surface area contributed by atoms with Gasteiger partial charge in [-0.25, -0.2) is 0 Å². The molecule has 140 valence electrons. The van der Waals surface area contributed by atoms with Crippen LogP contribution in [-0.2, 0) is 10.8 Å². The number of azo groups is 1. The zero-order valence-corrected chi connectivity index (χ0v) is 16.7. The first-order chi connectivity index (χ1) is 11.9. The topological polar surface area (TPSA) is 80.2 Å². The number of phenols is 1. The molecule has 0 saturated heterocycles. The molecule has 2 rings (SSSR count). The molecule has 0 saturated carbocycles. The first-order valence-corrected chi connectivity index (χ1v) is 8.66. The highest BCUT2D eigenvalue weighted by Gasteiger charge is 2.25. The van der Waals surface area contributed by atoms with Crippen molar-refractivity contribution in [2.45, 2.75) is 52.4 Å². The van der Waals surface area contributed by atoms with Gasteiger partial charge in [0, 0.05) is 11.6 Å². The number of benzene rings is 2. The first-order valence-electron chi connectivity index (χ1n) is 8.66. The Morgan fingerprint density at radius 3 is 2.00 bits per heavy atom. The van der Waals surface area contributed by atoms with E-state index in [4.69, 9.17) is 10.5 Å². The number of aromatic hydroxyl groups is 1. The summed E-state index contributed by atoms with van der Waals surface area (Å²) in [4.78, 5) is 0. The fraction of sp³-hybridized carbons (Fsp3) is 0.429. The quantitative estimate of drug-likeness (QED) is 0.524. The molecule has 0 unspecified atom stereocenters. The monoisotopic (exact) mass is 355 g/mol. The van der Waals surface area contributed by atoms with Crippen LogP contribution in [0.4, 0.5) is 17.1 Å². The van der Waals surface area contributed by atoms with Crippen LogP contribution in [0.15, 0.2) is 40.6 Å². The minimum Gasteiger partial charge on any atom is -0.505 e. The standard InChI is InChI=1S/C21H29N3O2/c1-20(2,3)13-10-15(21(4,5)6)19(25)18(11-13)24-23-17-9-8-14(26-7)12-16(17)22/h8-12,25H,22H2,1-7H3. The normalized spacial score (nSPS) is 12.6. The Morgan fingerprint density at radius 1 is 0.885 bits per heavy atom. The van der Waals surface area contributed by atoms with Gasteiger partial charge in [0.25, 0.3) is 0 Å². The average molecular weight is 355 g/mol. The predicted octanol–water partition coefficient (Wildman–Crippen LogP) is 5.99. The van der Waals surface area contributed by atoms with Gasteiger partial charge in [-0.3, -0.25) is 0 Å². The molecule has 0 aliphatic rings. The van der Waals surface area contributed by atoms with Gasteiger partial charge in [-0.05, 0) is 34.6 Å². The van der Waals surface area contributed by atoms with Gasteiger partial charge in [0.15, 0.2) is 0 Å². The Labute approximate surface area is 155 Å². The summed E-state index contributed by atoms with van der Waals surface area (Å²) in [5, 5.41) is 19.3. The van der Waals surface area contributed by atoms with E-state index in [2.05, 4.69) is 57.8 Å². The van der Waals surface area contributed by atoms with Gasteiger partial charge >= 0.3 is 0 Å². The van der Waals surface area contributed by atoms with Gasteiger partial charge in [-0.1, -0.05) is 47.6 Å². The molecule has 0 aromatic heterocycles. The van der Waals surface area contributed by atoms with Gasteiger partial charge in [-0.15, -0.1) is 10.2 Å². The van der Waals surface area contributed by atoms with Crippen molar-refractivity contribution in [2.24, 2.45) is 10.2 Å². The lowest BCUT2D eigenvalue weighted by atomic mass is 9.80. The van der Waals surface area contributed by atoms with E-state index >= 15 is 0 Å². The van der Waals surface area contributed by atoms with Gasteiger partial charge in [0.2, 0.25) is 0 Å². The highest BCUT2D eigenvalue weighted by atomic mass is 16.5. The maximum atomic E-state index is 10.7. The van der Waals surface area contributed by atoms with Crippen molar-refractivity contribution >= 4 is 17.1 Å². The number of hydrogen-bond donors (Lipinski definition) is 2. The van der Waals surface area contributed by atoms with Gasteiger partial charge < -0.3 is 15.6 Å². The Kier molecular flexibility index (Phi) is 5.31. The molecule has 0 aliphatic carbocycles. The van der Waals surface area contributed by atoms with E-state index in [1.807, 2.05) is 6.07 Å². The SMILES string of the molecule is COc1ccc(N=Nc2cc(C(C)(C)C)cc(C(C)(C)C)c2O)c(N)c1. The summed E-state index contributed by atoms with van der Waals surface area (Å²) in [6.45, 7) is 12.6. The lowest BCUT2D eigenvalue weighted by molar-refractivity contribution is 0.415. The molecule has 0 aliphatic heterocycles. The van der Waals surface area contributed by atoms with Crippen molar-refractivity contribution in [3.8, 4) is 11.5 Å². The fourth-order valence-electron chi connectivity index (χ4n) is 2.56. The van der Waals surface area contributed by atoms with E-state index < -0.39 is 0 Å². The van der Waals surface area contributed by atoms with E-state index in [-0.39, 0.29) is 16.6 Å². The second kappa shape index (κ2) is 6.98. The number of hydrogen-bond acceptors (Lipinski definition) is 5. The van der Waals surface area contributed by atoms with Crippen molar-refractivity contribution in [1.82, 2.24) is 0 Å². The molecule has 5 nitrogen and oxygen atoms in total. The van der Waals surface area contributed by atoms with E-state index in [1.165, 1.54) is 0 Å². The van der Waals surface area contributed by atoms with E-state index in [0.717, 1.165) is 11.1 Å². The molecule has 0 bridgehead atoms. The maximum Gasteiger partial charge on any atom is 0.146 e. The van der Waals surface area contributed by atoms with Crippen LogP contribution in [0, 0.1) is 0 Å². The maximum absolute atomic E-state index is 10.7. The third kappa shape index (κ3) is 4.34. The number of nitrogen functional groups attached to an aromatic ring is 1. The van der Waals surface area contributed by atoms with Crippen molar-refractivity contribution in [3.05, 3.63) is 41.5 Å². The molecular formula is C21H29N3O2.